The number of furan rings is 1. The second-order valence-electron chi connectivity index (χ2n) is 3.08. The summed E-state index contributed by atoms with van der Waals surface area (Å²) in [5.41, 5.74) is 6.71. The van der Waals surface area contributed by atoms with E-state index in [0.717, 1.165) is 0 Å². The third-order valence-corrected chi connectivity index (χ3v) is 1.88. The summed E-state index contributed by atoms with van der Waals surface area (Å²) < 4.78 is 4.59. The van der Waals surface area contributed by atoms with Gasteiger partial charge in [0.15, 0.2) is 0 Å². The average molecular weight is 219 g/mol. The van der Waals surface area contributed by atoms with Gasteiger partial charge >= 0.3 is 7.12 Å². The van der Waals surface area contributed by atoms with Gasteiger partial charge in [0.1, 0.15) is 5.66 Å². The Morgan fingerprint density at radius 2 is 1.75 bits per heavy atom. The van der Waals surface area contributed by atoms with E-state index >= 15 is 0 Å². The highest BCUT2D eigenvalue weighted by Crippen LogP contribution is 1.94. The summed E-state index contributed by atoms with van der Waals surface area (Å²) in [6, 6.07) is 13.1. The third kappa shape index (κ3) is 4.31. The number of rotatable bonds is 2. The van der Waals surface area contributed by atoms with Gasteiger partial charge in [-0.15, -0.1) is 0 Å². The van der Waals surface area contributed by atoms with Gasteiger partial charge in [0.05, 0.1) is 6.26 Å². The van der Waals surface area contributed by atoms with E-state index in [1.807, 2.05) is 30.3 Å². The highest BCUT2D eigenvalue weighted by atomic mass is 16.4. The molecule has 2 rings (SSSR count). The van der Waals surface area contributed by atoms with E-state index in [0.29, 0.717) is 6.54 Å². The fraction of sp³-hybridized carbons (Fsp3) is 0.0909. The van der Waals surface area contributed by atoms with Crippen molar-refractivity contribution >= 4 is 12.8 Å². The quantitative estimate of drug-likeness (QED) is 0.626. The lowest BCUT2D eigenvalue weighted by Gasteiger charge is -1.90. The summed E-state index contributed by atoms with van der Waals surface area (Å²) in [7, 11) is -1.48. The van der Waals surface area contributed by atoms with E-state index in [9.17, 15) is 0 Å². The molecule has 0 aliphatic heterocycles. The number of nitrogens with two attached hydrogens (primary N) is 1. The molecule has 84 valence electrons. The maximum Gasteiger partial charge on any atom is 0.526 e. The molecule has 0 unspecified atom stereocenters. The lowest BCUT2D eigenvalue weighted by atomic mass is 9.88. The molecule has 2 aromatic rings. The SMILES string of the molecule is NCc1ccccc1.OB(O)c1ccco1. The van der Waals surface area contributed by atoms with Crippen LogP contribution in [0.15, 0.2) is 53.1 Å². The van der Waals surface area contributed by atoms with Crippen molar-refractivity contribution in [2.24, 2.45) is 5.73 Å². The van der Waals surface area contributed by atoms with Gasteiger partial charge < -0.3 is 20.2 Å². The van der Waals surface area contributed by atoms with Crippen LogP contribution in [0.3, 0.4) is 0 Å². The number of hydrogen-bond donors (Lipinski definition) is 3. The fourth-order valence-corrected chi connectivity index (χ4v) is 1.05. The predicted molar refractivity (Wildman–Crippen MR) is 62.9 cm³/mol. The van der Waals surface area contributed by atoms with Gasteiger partial charge in [-0.3, -0.25) is 0 Å². The molecule has 0 aliphatic rings. The van der Waals surface area contributed by atoms with E-state index in [1.165, 1.54) is 17.9 Å². The maximum absolute atomic E-state index is 8.37. The Morgan fingerprint density at radius 3 is 2.06 bits per heavy atom. The van der Waals surface area contributed by atoms with E-state index in [4.69, 9.17) is 15.8 Å². The number of hydrogen-bond acceptors (Lipinski definition) is 4. The molecule has 0 aliphatic carbocycles. The van der Waals surface area contributed by atoms with Gasteiger partial charge in [-0.2, -0.15) is 0 Å². The molecule has 0 saturated heterocycles. The maximum atomic E-state index is 8.37. The molecule has 0 bridgehead atoms. The molecule has 1 heterocycles. The van der Waals surface area contributed by atoms with Gasteiger partial charge in [-0.05, 0) is 17.7 Å². The molecule has 1 aromatic heterocycles. The molecule has 0 spiro atoms. The van der Waals surface area contributed by atoms with Crippen molar-refractivity contribution in [1.82, 2.24) is 0 Å². The molecule has 0 radical (unpaired) electrons. The summed E-state index contributed by atoms with van der Waals surface area (Å²) in [4.78, 5) is 0. The van der Waals surface area contributed by atoms with Crippen LogP contribution in [-0.4, -0.2) is 17.2 Å². The third-order valence-electron chi connectivity index (χ3n) is 1.88. The molecule has 0 atom stereocenters. The van der Waals surface area contributed by atoms with Crippen LogP contribution in [0.4, 0.5) is 0 Å². The van der Waals surface area contributed by atoms with Gasteiger partial charge in [0.25, 0.3) is 0 Å². The van der Waals surface area contributed by atoms with Crippen LogP contribution >= 0.6 is 0 Å². The minimum absolute atomic E-state index is 0.171. The van der Waals surface area contributed by atoms with Crippen molar-refractivity contribution < 1.29 is 14.5 Å². The van der Waals surface area contributed by atoms with Crippen molar-refractivity contribution in [3.63, 3.8) is 0 Å². The molecule has 4 N–H and O–H groups in total. The van der Waals surface area contributed by atoms with Crippen molar-refractivity contribution in [3.8, 4) is 0 Å². The van der Waals surface area contributed by atoms with Gasteiger partial charge in [0.2, 0.25) is 0 Å². The minimum Gasteiger partial charge on any atom is -0.473 e. The van der Waals surface area contributed by atoms with Gasteiger partial charge in [-0.25, -0.2) is 0 Å². The molecular weight excluding hydrogens is 205 g/mol. The van der Waals surface area contributed by atoms with Gasteiger partial charge in [-0.1, -0.05) is 30.3 Å². The molecule has 0 fully saturated rings. The molecule has 5 heteroatoms. The highest BCUT2D eigenvalue weighted by molar-refractivity contribution is 6.56. The summed E-state index contributed by atoms with van der Waals surface area (Å²) in [6.07, 6.45) is 1.38. The largest absolute Gasteiger partial charge is 0.526 e. The van der Waals surface area contributed by atoms with E-state index in [1.54, 1.807) is 6.07 Å². The zero-order valence-corrected chi connectivity index (χ0v) is 8.78. The smallest absolute Gasteiger partial charge is 0.473 e. The lowest BCUT2D eigenvalue weighted by molar-refractivity contribution is 0.409. The van der Waals surface area contributed by atoms with Crippen LogP contribution in [0.2, 0.25) is 0 Å². The molecule has 0 amide bonds. The predicted octanol–water partition coefficient (Wildman–Crippen LogP) is 0.105. The zero-order valence-electron chi connectivity index (χ0n) is 8.78. The normalized spacial score (nSPS) is 9.19. The highest BCUT2D eigenvalue weighted by Gasteiger charge is 2.12. The zero-order chi connectivity index (χ0) is 11.8. The van der Waals surface area contributed by atoms with E-state index < -0.39 is 7.12 Å². The van der Waals surface area contributed by atoms with Crippen molar-refractivity contribution in [3.05, 3.63) is 54.3 Å². The summed E-state index contributed by atoms with van der Waals surface area (Å²) in [6.45, 7) is 0.640. The first kappa shape index (κ1) is 12.5. The number of benzene rings is 1. The Morgan fingerprint density at radius 1 is 1.06 bits per heavy atom. The minimum atomic E-state index is -1.48. The molecule has 1 aromatic carbocycles. The Hall–Kier alpha value is -1.56. The summed E-state index contributed by atoms with van der Waals surface area (Å²) in [5.74, 6) is 0. The van der Waals surface area contributed by atoms with E-state index in [2.05, 4.69) is 4.42 Å². The molecular formula is C11H14BNO3. The van der Waals surface area contributed by atoms with Crippen molar-refractivity contribution in [2.45, 2.75) is 6.54 Å². The Bertz CT molecular complexity index is 375. The standard InChI is InChI=1S/C7H9N.C4H5BO3/c8-6-7-4-2-1-3-5-7;6-5(7)4-2-1-3-8-4/h1-5H,6,8H2;1-3,6-7H. The Balaban J connectivity index is 0.000000160. The Kier molecular flexibility index (Phi) is 5.35. The molecule has 0 saturated carbocycles. The van der Waals surface area contributed by atoms with Crippen LogP contribution in [-0.2, 0) is 6.54 Å². The lowest BCUT2D eigenvalue weighted by Crippen LogP contribution is -2.27. The molecule has 16 heavy (non-hydrogen) atoms. The second-order valence-corrected chi connectivity index (χ2v) is 3.08. The first-order chi connectivity index (χ1) is 7.74. The summed E-state index contributed by atoms with van der Waals surface area (Å²) >= 11 is 0. The fourth-order valence-electron chi connectivity index (χ4n) is 1.05. The Labute approximate surface area is 94.5 Å². The van der Waals surface area contributed by atoms with Gasteiger partial charge in [0, 0.05) is 6.54 Å². The van der Waals surface area contributed by atoms with Crippen molar-refractivity contribution in [2.75, 3.05) is 0 Å². The molecule has 4 nitrogen and oxygen atoms in total. The monoisotopic (exact) mass is 219 g/mol. The van der Waals surface area contributed by atoms with Crippen LogP contribution in [0.1, 0.15) is 5.56 Å². The van der Waals surface area contributed by atoms with E-state index in [-0.39, 0.29) is 5.66 Å². The van der Waals surface area contributed by atoms with Crippen LogP contribution < -0.4 is 11.4 Å². The summed E-state index contributed by atoms with van der Waals surface area (Å²) in [5, 5.41) is 16.7. The van der Waals surface area contributed by atoms with Crippen LogP contribution in [0.25, 0.3) is 0 Å². The first-order valence-electron chi connectivity index (χ1n) is 4.87. The van der Waals surface area contributed by atoms with Crippen LogP contribution in [0, 0.1) is 0 Å². The first-order valence-corrected chi connectivity index (χ1v) is 4.87. The topological polar surface area (TPSA) is 79.6 Å². The van der Waals surface area contributed by atoms with Crippen LogP contribution in [0.5, 0.6) is 0 Å². The average Bonchev–Trinajstić information content (AvgIpc) is 2.85. The van der Waals surface area contributed by atoms with Crippen molar-refractivity contribution in [1.29, 1.82) is 0 Å². The second kappa shape index (κ2) is 6.84.